The summed E-state index contributed by atoms with van der Waals surface area (Å²) in [5, 5.41) is 1.29. The molecule has 25 heavy (non-hydrogen) atoms. The van der Waals surface area contributed by atoms with Gasteiger partial charge in [-0.25, -0.2) is 9.78 Å². The minimum atomic E-state index is -0.542. The second-order valence-corrected chi connectivity index (χ2v) is 6.48. The van der Waals surface area contributed by atoms with Gasteiger partial charge in [-0.1, -0.05) is 36.4 Å². The standard InChI is InChI=1S/C19H13NO4S/c1-23-15(21)10-24-18-17(22)12-7-3-2-6-11(12)16-19(18)25-14-9-5-4-8-13(14)20-16/h2-9H,10H2,1H3. The second-order valence-electron chi connectivity index (χ2n) is 5.43. The number of fused-ring (bicyclic) bond motifs is 4. The average Bonchev–Trinajstić information content (AvgIpc) is 2.66. The molecule has 2 aromatic carbocycles. The lowest BCUT2D eigenvalue weighted by Crippen LogP contribution is -2.18. The molecule has 0 spiro atoms. The Morgan fingerprint density at radius 2 is 1.80 bits per heavy atom. The number of esters is 1. The van der Waals surface area contributed by atoms with Gasteiger partial charge in [-0.15, -0.1) is 11.3 Å². The molecule has 0 atom stereocenters. The number of para-hydroxylation sites is 1. The van der Waals surface area contributed by atoms with Gasteiger partial charge in [-0.2, -0.15) is 0 Å². The molecule has 124 valence electrons. The first-order chi connectivity index (χ1) is 12.2. The minimum Gasteiger partial charge on any atom is -0.476 e. The Kier molecular flexibility index (Phi) is 3.82. The van der Waals surface area contributed by atoms with Gasteiger partial charge >= 0.3 is 5.97 Å². The smallest absolute Gasteiger partial charge is 0.343 e. The summed E-state index contributed by atoms with van der Waals surface area (Å²) >= 11 is 1.43. The van der Waals surface area contributed by atoms with Crippen molar-refractivity contribution in [2.75, 3.05) is 13.7 Å². The molecule has 6 heteroatoms. The maximum Gasteiger partial charge on any atom is 0.343 e. The van der Waals surface area contributed by atoms with Gasteiger partial charge in [0.05, 0.1) is 23.0 Å². The molecule has 1 aliphatic carbocycles. The Bertz CT molecular complexity index is 1140. The van der Waals surface area contributed by atoms with Crippen molar-refractivity contribution >= 4 is 38.3 Å². The molecule has 1 heterocycles. The van der Waals surface area contributed by atoms with E-state index in [1.54, 1.807) is 12.1 Å². The Morgan fingerprint density at radius 1 is 1.08 bits per heavy atom. The van der Waals surface area contributed by atoms with Crippen LogP contribution in [0.15, 0.2) is 53.3 Å². The van der Waals surface area contributed by atoms with E-state index in [1.165, 1.54) is 18.4 Å². The SMILES string of the molecule is COC(=O)COc1c2sc3ccccc3nc-2c2ccccc2c1=O. The largest absolute Gasteiger partial charge is 0.476 e. The van der Waals surface area contributed by atoms with E-state index in [4.69, 9.17) is 9.72 Å². The van der Waals surface area contributed by atoms with Crippen molar-refractivity contribution in [3.05, 3.63) is 58.8 Å². The van der Waals surface area contributed by atoms with Crippen LogP contribution in [-0.2, 0) is 9.53 Å². The summed E-state index contributed by atoms with van der Waals surface area (Å²) in [6.45, 7) is -0.321. The first-order valence-corrected chi connectivity index (χ1v) is 8.44. The highest BCUT2D eigenvalue weighted by Crippen LogP contribution is 2.40. The molecular weight excluding hydrogens is 338 g/mol. The highest BCUT2D eigenvalue weighted by atomic mass is 32.1. The summed E-state index contributed by atoms with van der Waals surface area (Å²) in [5.74, 6) is -0.401. The number of ether oxygens (including phenoxy) is 2. The fourth-order valence-electron chi connectivity index (χ4n) is 2.74. The van der Waals surface area contributed by atoms with Gasteiger partial charge in [0.25, 0.3) is 0 Å². The van der Waals surface area contributed by atoms with Crippen molar-refractivity contribution < 1.29 is 14.3 Å². The number of nitrogens with zero attached hydrogens (tertiary/aromatic N) is 1. The van der Waals surface area contributed by atoms with Crippen LogP contribution in [-0.4, -0.2) is 24.7 Å². The molecule has 0 unspecified atom stereocenters. The lowest BCUT2D eigenvalue weighted by molar-refractivity contribution is -0.142. The Hall–Kier alpha value is -2.99. The van der Waals surface area contributed by atoms with Gasteiger partial charge in [0.15, 0.2) is 12.4 Å². The molecule has 0 bridgehead atoms. The predicted octanol–water partition coefficient (Wildman–Crippen LogP) is 3.47. The maximum atomic E-state index is 12.9. The topological polar surface area (TPSA) is 65.5 Å². The van der Waals surface area contributed by atoms with E-state index in [-0.39, 0.29) is 17.8 Å². The zero-order valence-corrected chi connectivity index (χ0v) is 14.1. The third kappa shape index (κ3) is 2.60. The summed E-state index contributed by atoms with van der Waals surface area (Å²) in [4.78, 5) is 29.7. The van der Waals surface area contributed by atoms with Crippen LogP contribution in [0, 0.1) is 0 Å². The van der Waals surface area contributed by atoms with Crippen molar-refractivity contribution in [1.82, 2.24) is 4.98 Å². The Balaban J connectivity index is 2.07. The molecule has 2 aromatic rings. The Morgan fingerprint density at radius 3 is 2.60 bits per heavy atom. The zero-order valence-electron chi connectivity index (χ0n) is 13.3. The quantitative estimate of drug-likeness (QED) is 0.321. The molecular formula is C19H13NO4S. The monoisotopic (exact) mass is 351 g/mol. The lowest BCUT2D eigenvalue weighted by Gasteiger charge is -2.14. The van der Waals surface area contributed by atoms with E-state index in [9.17, 15) is 9.59 Å². The molecule has 0 radical (unpaired) electrons. The molecule has 0 fully saturated rings. The number of hydrogen-bond acceptors (Lipinski definition) is 6. The Labute approximate surface area is 146 Å². The molecule has 0 amide bonds. The van der Waals surface area contributed by atoms with Crippen molar-refractivity contribution in [3.63, 3.8) is 0 Å². The summed E-state index contributed by atoms with van der Waals surface area (Å²) in [6.07, 6.45) is 0. The van der Waals surface area contributed by atoms with Crippen LogP contribution in [0.3, 0.4) is 0 Å². The highest BCUT2D eigenvalue weighted by molar-refractivity contribution is 7.21. The van der Waals surface area contributed by atoms with Gasteiger partial charge in [0.1, 0.15) is 4.88 Å². The zero-order chi connectivity index (χ0) is 17.4. The van der Waals surface area contributed by atoms with Gasteiger partial charge in [-0.3, -0.25) is 4.79 Å². The molecule has 1 aliphatic heterocycles. The third-order valence-electron chi connectivity index (χ3n) is 3.93. The summed E-state index contributed by atoms with van der Waals surface area (Å²) < 4.78 is 11.1. The normalized spacial score (nSPS) is 11.1. The van der Waals surface area contributed by atoms with Crippen LogP contribution < -0.4 is 10.2 Å². The number of benzene rings is 3. The van der Waals surface area contributed by atoms with Gasteiger partial charge < -0.3 is 9.47 Å². The summed E-state index contributed by atoms with van der Waals surface area (Å²) in [5.41, 5.74) is 1.29. The number of hydrogen-bond donors (Lipinski definition) is 0. The number of rotatable bonds is 3. The minimum absolute atomic E-state index is 0.141. The van der Waals surface area contributed by atoms with Gasteiger partial charge in [0.2, 0.25) is 5.43 Å². The van der Waals surface area contributed by atoms with Crippen molar-refractivity contribution in [2.24, 2.45) is 0 Å². The lowest BCUT2D eigenvalue weighted by atomic mass is 10.0. The van der Waals surface area contributed by atoms with E-state index in [1.807, 2.05) is 36.4 Å². The van der Waals surface area contributed by atoms with Crippen molar-refractivity contribution in [1.29, 1.82) is 0 Å². The molecule has 0 saturated heterocycles. The van der Waals surface area contributed by atoms with E-state index >= 15 is 0 Å². The summed E-state index contributed by atoms with van der Waals surface area (Å²) in [7, 11) is 1.28. The molecule has 4 rings (SSSR count). The fourth-order valence-corrected chi connectivity index (χ4v) is 3.82. The number of carbonyl (C=O) groups excluding carboxylic acids is 1. The molecule has 5 nitrogen and oxygen atoms in total. The highest BCUT2D eigenvalue weighted by Gasteiger charge is 2.22. The van der Waals surface area contributed by atoms with Crippen LogP contribution in [0.1, 0.15) is 0 Å². The number of aromatic nitrogens is 1. The first kappa shape index (κ1) is 15.5. The molecule has 2 aliphatic rings. The van der Waals surface area contributed by atoms with Crippen molar-refractivity contribution in [2.45, 2.75) is 0 Å². The van der Waals surface area contributed by atoms with E-state index in [0.29, 0.717) is 16.0 Å². The molecule has 0 N–H and O–H groups in total. The van der Waals surface area contributed by atoms with E-state index in [0.717, 1.165) is 15.6 Å². The molecule has 0 saturated carbocycles. The molecule has 0 aromatic heterocycles. The first-order valence-electron chi connectivity index (χ1n) is 7.63. The second kappa shape index (κ2) is 6.14. The third-order valence-corrected chi connectivity index (χ3v) is 5.07. The van der Waals surface area contributed by atoms with Crippen molar-refractivity contribution in [3.8, 4) is 16.3 Å². The van der Waals surface area contributed by atoms with E-state index < -0.39 is 5.97 Å². The van der Waals surface area contributed by atoms with Crippen LogP contribution in [0.25, 0.3) is 31.6 Å². The van der Waals surface area contributed by atoms with Gasteiger partial charge in [0, 0.05) is 10.8 Å². The van der Waals surface area contributed by atoms with E-state index in [2.05, 4.69) is 4.74 Å². The maximum absolute atomic E-state index is 12.9. The predicted molar refractivity (Wildman–Crippen MR) is 97.5 cm³/mol. The van der Waals surface area contributed by atoms with Crippen LogP contribution in [0.4, 0.5) is 0 Å². The van der Waals surface area contributed by atoms with Crippen LogP contribution in [0.2, 0.25) is 0 Å². The van der Waals surface area contributed by atoms with Crippen LogP contribution >= 0.6 is 11.3 Å². The number of carbonyl (C=O) groups is 1. The van der Waals surface area contributed by atoms with Gasteiger partial charge in [-0.05, 0) is 12.1 Å². The fraction of sp³-hybridized carbons (Fsp3) is 0.105. The number of methoxy groups -OCH3 is 1. The average molecular weight is 351 g/mol. The summed E-state index contributed by atoms with van der Waals surface area (Å²) in [6, 6.07) is 15.0. The van der Waals surface area contributed by atoms with Crippen LogP contribution in [0.5, 0.6) is 5.75 Å².